The van der Waals surface area contributed by atoms with Crippen molar-refractivity contribution in [2.45, 2.75) is 33.3 Å². The summed E-state index contributed by atoms with van der Waals surface area (Å²) in [6.45, 7) is 6.50. The van der Waals surface area contributed by atoms with E-state index in [4.69, 9.17) is 10.6 Å². The molecule has 3 heteroatoms. The normalized spacial score (nSPS) is 20.4. The van der Waals surface area contributed by atoms with Gasteiger partial charge in [0, 0.05) is 17.5 Å². The Morgan fingerprint density at radius 2 is 1.88 bits per heavy atom. The molecule has 1 aliphatic rings. The standard InChI is InChI=1S/C13H18N2O/c1-13(2,3)12-8-11(15-16-12)9-4-6-10(14)7-5-9/h4-7,12H,8,14H2,1-3H3. The molecule has 0 aliphatic carbocycles. The van der Waals surface area contributed by atoms with Gasteiger partial charge in [-0.05, 0) is 17.7 Å². The van der Waals surface area contributed by atoms with Gasteiger partial charge < -0.3 is 10.6 Å². The van der Waals surface area contributed by atoms with Crippen molar-refractivity contribution in [3.05, 3.63) is 29.8 Å². The quantitative estimate of drug-likeness (QED) is 0.737. The smallest absolute Gasteiger partial charge is 0.138 e. The Kier molecular flexibility index (Phi) is 2.62. The maximum absolute atomic E-state index is 5.65. The Morgan fingerprint density at radius 1 is 1.25 bits per heavy atom. The monoisotopic (exact) mass is 218 g/mol. The van der Waals surface area contributed by atoms with Crippen molar-refractivity contribution >= 4 is 11.4 Å². The van der Waals surface area contributed by atoms with Gasteiger partial charge in [-0.1, -0.05) is 38.1 Å². The lowest BCUT2D eigenvalue weighted by Crippen LogP contribution is -2.26. The highest BCUT2D eigenvalue weighted by atomic mass is 16.6. The van der Waals surface area contributed by atoms with Crippen LogP contribution in [0.25, 0.3) is 0 Å². The topological polar surface area (TPSA) is 47.6 Å². The lowest BCUT2D eigenvalue weighted by Gasteiger charge is -2.23. The fourth-order valence-electron chi connectivity index (χ4n) is 1.69. The first-order chi connectivity index (χ1) is 7.47. The molecule has 2 rings (SSSR count). The molecule has 1 heterocycles. The van der Waals surface area contributed by atoms with Gasteiger partial charge in [-0.25, -0.2) is 0 Å². The van der Waals surface area contributed by atoms with Gasteiger partial charge in [0.1, 0.15) is 6.10 Å². The molecule has 86 valence electrons. The summed E-state index contributed by atoms with van der Waals surface area (Å²) in [6, 6.07) is 7.76. The summed E-state index contributed by atoms with van der Waals surface area (Å²) in [5.74, 6) is 0. The van der Waals surface area contributed by atoms with Crippen LogP contribution in [0.2, 0.25) is 0 Å². The van der Waals surface area contributed by atoms with E-state index in [1.807, 2.05) is 24.3 Å². The number of rotatable bonds is 1. The van der Waals surface area contributed by atoms with Crippen LogP contribution >= 0.6 is 0 Å². The molecule has 3 nitrogen and oxygen atoms in total. The van der Waals surface area contributed by atoms with E-state index in [1.54, 1.807) is 0 Å². The van der Waals surface area contributed by atoms with Gasteiger partial charge in [-0.15, -0.1) is 0 Å². The number of hydrogen-bond acceptors (Lipinski definition) is 3. The predicted molar refractivity (Wildman–Crippen MR) is 66.3 cm³/mol. The Labute approximate surface area is 96.3 Å². The molecule has 2 N–H and O–H groups in total. The number of nitrogens with two attached hydrogens (primary N) is 1. The van der Waals surface area contributed by atoms with Crippen LogP contribution in [0.15, 0.2) is 29.4 Å². The van der Waals surface area contributed by atoms with Gasteiger partial charge in [0.25, 0.3) is 0 Å². The molecule has 1 atom stereocenters. The number of oxime groups is 1. The Bertz CT molecular complexity index is 401. The van der Waals surface area contributed by atoms with E-state index < -0.39 is 0 Å². The minimum atomic E-state index is 0.124. The second-order valence-corrected chi connectivity index (χ2v) is 5.32. The summed E-state index contributed by atoms with van der Waals surface area (Å²) in [6.07, 6.45) is 1.04. The Balaban J connectivity index is 2.12. The minimum Gasteiger partial charge on any atom is -0.399 e. The van der Waals surface area contributed by atoms with Crippen molar-refractivity contribution in [1.82, 2.24) is 0 Å². The first-order valence-electron chi connectivity index (χ1n) is 5.55. The van der Waals surface area contributed by atoms with Gasteiger partial charge in [-0.3, -0.25) is 0 Å². The molecule has 0 spiro atoms. The highest BCUT2D eigenvalue weighted by Gasteiger charge is 2.32. The molecule has 0 aromatic heterocycles. The maximum atomic E-state index is 5.65. The molecule has 0 bridgehead atoms. The molecule has 1 aromatic carbocycles. The van der Waals surface area contributed by atoms with E-state index >= 15 is 0 Å². The van der Waals surface area contributed by atoms with Crippen LogP contribution in [0.3, 0.4) is 0 Å². The molecule has 1 unspecified atom stereocenters. The Hall–Kier alpha value is -1.51. The van der Waals surface area contributed by atoms with E-state index in [-0.39, 0.29) is 11.5 Å². The second-order valence-electron chi connectivity index (χ2n) is 5.32. The van der Waals surface area contributed by atoms with Crippen LogP contribution in [0.5, 0.6) is 0 Å². The number of benzene rings is 1. The van der Waals surface area contributed by atoms with Crippen LogP contribution in [0.4, 0.5) is 5.69 Å². The average molecular weight is 218 g/mol. The van der Waals surface area contributed by atoms with Crippen molar-refractivity contribution in [3.8, 4) is 0 Å². The molecule has 0 radical (unpaired) electrons. The first-order valence-corrected chi connectivity index (χ1v) is 5.55. The van der Waals surface area contributed by atoms with E-state index in [0.29, 0.717) is 0 Å². The summed E-state index contributed by atoms with van der Waals surface area (Å²) in [7, 11) is 0. The van der Waals surface area contributed by atoms with Crippen molar-refractivity contribution in [2.24, 2.45) is 10.6 Å². The number of nitrogens with zero attached hydrogens (tertiary/aromatic N) is 1. The fraction of sp³-hybridized carbons (Fsp3) is 0.462. The van der Waals surface area contributed by atoms with Crippen LogP contribution in [-0.2, 0) is 4.84 Å². The zero-order chi connectivity index (χ0) is 11.8. The highest BCUT2D eigenvalue weighted by molar-refractivity contribution is 6.01. The molecular weight excluding hydrogens is 200 g/mol. The molecule has 0 saturated carbocycles. The lowest BCUT2D eigenvalue weighted by molar-refractivity contribution is 0.00831. The lowest BCUT2D eigenvalue weighted by atomic mass is 9.85. The SMILES string of the molecule is CC(C)(C)C1CC(c2ccc(N)cc2)=NO1. The van der Waals surface area contributed by atoms with E-state index in [2.05, 4.69) is 25.9 Å². The molecule has 16 heavy (non-hydrogen) atoms. The average Bonchev–Trinajstić information content (AvgIpc) is 2.67. The van der Waals surface area contributed by atoms with Gasteiger partial charge in [0.05, 0.1) is 5.71 Å². The van der Waals surface area contributed by atoms with Gasteiger partial charge in [0.15, 0.2) is 0 Å². The molecule has 1 aliphatic heterocycles. The van der Waals surface area contributed by atoms with E-state index in [1.165, 1.54) is 0 Å². The van der Waals surface area contributed by atoms with Gasteiger partial charge >= 0.3 is 0 Å². The Morgan fingerprint density at radius 3 is 2.38 bits per heavy atom. The summed E-state index contributed by atoms with van der Waals surface area (Å²) in [5, 5.41) is 4.16. The fourth-order valence-corrected chi connectivity index (χ4v) is 1.69. The molecule has 1 aromatic rings. The first kappa shape index (κ1) is 11.0. The number of nitrogen functional groups attached to an aromatic ring is 1. The third-order valence-electron chi connectivity index (χ3n) is 2.88. The predicted octanol–water partition coefficient (Wildman–Crippen LogP) is 2.81. The largest absolute Gasteiger partial charge is 0.399 e. The number of anilines is 1. The second kappa shape index (κ2) is 3.81. The maximum Gasteiger partial charge on any atom is 0.138 e. The molecule has 0 amide bonds. The van der Waals surface area contributed by atoms with Crippen LogP contribution < -0.4 is 5.73 Å². The van der Waals surface area contributed by atoms with E-state index in [9.17, 15) is 0 Å². The molecule has 0 saturated heterocycles. The molecular formula is C13H18N2O. The van der Waals surface area contributed by atoms with Crippen molar-refractivity contribution in [3.63, 3.8) is 0 Å². The van der Waals surface area contributed by atoms with Crippen molar-refractivity contribution in [2.75, 3.05) is 5.73 Å². The summed E-state index contributed by atoms with van der Waals surface area (Å²) < 4.78 is 0. The summed E-state index contributed by atoms with van der Waals surface area (Å²) >= 11 is 0. The van der Waals surface area contributed by atoms with Gasteiger partial charge in [0.2, 0.25) is 0 Å². The molecule has 0 fully saturated rings. The van der Waals surface area contributed by atoms with Crippen LogP contribution in [0.1, 0.15) is 32.8 Å². The number of hydrogen-bond donors (Lipinski definition) is 1. The van der Waals surface area contributed by atoms with E-state index in [0.717, 1.165) is 23.4 Å². The zero-order valence-electron chi connectivity index (χ0n) is 10.0. The van der Waals surface area contributed by atoms with Gasteiger partial charge in [-0.2, -0.15) is 0 Å². The highest BCUT2D eigenvalue weighted by Crippen LogP contribution is 2.30. The van der Waals surface area contributed by atoms with Crippen molar-refractivity contribution in [1.29, 1.82) is 0 Å². The van der Waals surface area contributed by atoms with Crippen molar-refractivity contribution < 1.29 is 4.84 Å². The minimum absolute atomic E-state index is 0.124. The third-order valence-corrected chi connectivity index (χ3v) is 2.88. The summed E-state index contributed by atoms with van der Waals surface area (Å²) in [4.78, 5) is 5.47. The zero-order valence-corrected chi connectivity index (χ0v) is 10.0. The van der Waals surface area contributed by atoms with Crippen LogP contribution in [-0.4, -0.2) is 11.8 Å². The van der Waals surface area contributed by atoms with Crippen LogP contribution in [0, 0.1) is 5.41 Å². The summed E-state index contributed by atoms with van der Waals surface area (Å²) in [5.41, 5.74) is 8.66. The third kappa shape index (κ3) is 2.18.